The number of benzene rings is 1. The average molecular weight is 348 g/mol. The minimum absolute atomic E-state index is 0.235. The van der Waals surface area contributed by atoms with Crippen LogP contribution >= 0.6 is 22.9 Å². The minimum Gasteiger partial charge on any atom is -0.380 e. The van der Waals surface area contributed by atoms with Gasteiger partial charge in [0.2, 0.25) is 5.91 Å². The second kappa shape index (κ2) is 6.95. The van der Waals surface area contributed by atoms with Gasteiger partial charge in [0.25, 0.3) is 0 Å². The largest absolute Gasteiger partial charge is 0.380 e. The second-order valence-electron chi connectivity index (χ2n) is 4.80. The number of aromatic nitrogens is 2. The summed E-state index contributed by atoms with van der Waals surface area (Å²) < 4.78 is 6.92. The molecule has 118 valence electrons. The van der Waals surface area contributed by atoms with Crippen LogP contribution in [0, 0.1) is 0 Å². The summed E-state index contributed by atoms with van der Waals surface area (Å²) in [7, 11) is 1.63. The van der Waals surface area contributed by atoms with Gasteiger partial charge in [-0.3, -0.25) is 9.20 Å². The summed E-state index contributed by atoms with van der Waals surface area (Å²) in [6.45, 7) is 0.501. The number of fused-ring (bicyclic) bond motifs is 1. The van der Waals surface area contributed by atoms with Crippen molar-refractivity contribution in [3.8, 4) is 0 Å². The quantitative estimate of drug-likeness (QED) is 0.713. The maximum Gasteiger partial charge on any atom is 0.248 e. The molecule has 0 fully saturated rings. The summed E-state index contributed by atoms with van der Waals surface area (Å²) in [5.41, 5.74) is 2.40. The summed E-state index contributed by atoms with van der Waals surface area (Å²) in [5, 5.41) is 5.10. The molecule has 0 unspecified atom stereocenters. The lowest BCUT2D eigenvalue weighted by Crippen LogP contribution is -2.08. The Morgan fingerprint density at radius 2 is 2.39 bits per heavy atom. The Balaban J connectivity index is 1.73. The van der Waals surface area contributed by atoms with E-state index in [-0.39, 0.29) is 5.91 Å². The number of carbonyl (C=O) groups excluding carboxylic acids is 1. The topological polar surface area (TPSA) is 55.6 Å². The smallest absolute Gasteiger partial charge is 0.248 e. The van der Waals surface area contributed by atoms with Gasteiger partial charge in [-0.05, 0) is 23.8 Å². The van der Waals surface area contributed by atoms with Crippen LogP contribution in [0.4, 0.5) is 5.69 Å². The van der Waals surface area contributed by atoms with Gasteiger partial charge in [-0.15, -0.1) is 11.3 Å². The number of anilines is 1. The van der Waals surface area contributed by atoms with E-state index in [9.17, 15) is 4.79 Å². The molecule has 2 heterocycles. The Labute approximate surface area is 142 Å². The van der Waals surface area contributed by atoms with Gasteiger partial charge in [0.15, 0.2) is 10.1 Å². The van der Waals surface area contributed by atoms with Crippen LogP contribution in [0.2, 0.25) is 5.15 Å². The van der Waals surface area contributed by atoms with Gasteiger partial charge < -0.3 is 10.1 Å². The van der Waals surface area contributed by atoms with Crippen LogP contribution in [0.1, 0.15) is 11.3 Å². The van der Waals surface area contributed by atoms with Crippen molar-refractivity contribution in [2.75, 3.05) is 12.4 Å². The Morgan fingerprint density at radius 1 is 1.52 bits per heavy atom. The lowest BCUT2D eigenvalue weighted by Gasteiger charge is -2.05. The molecule has 0 saturated heterocycles. The molecule has 0 radical (unpaired) electrons. The van der Waals surface area contributed by atoms with E-state index in [2.05, 4.69) is 10.3 Å². The summed E-state index contributed by atoms with van der Waals surface area (Å²) in [5.74, 6) is -0.235. The van der Waals surface area contributed by atoms with E-state index in [0.717, 1.165) is 10.5 Å². The second-order valence-corrected chi connectivity index (χ2v) is 6.03. The van der Waals surface area contributed by atoms with Crippen LogP contribution in [0.15, 0.2) is 41.9 Å². The maximum absolute atomic E-state index is 12.1. The van der Waals surface area contributed by atoms with Crippen LogP contribution in [0.3, 0.4) is 0 Å². The normalized spacial score (nSPS) is 11.4. The Bertz CT molecular complexity index is 869. The van der Waals surface area contributed by atoms with Gasteiger partial charge in [0, 0.05) is 30.5 Å². The first-order valence-corrected chi connectivity index (χ1v) is 8.11. The number of nitrogens with one attached hydrogen (secondary N) is 1. The van der Waals surface area contributed by atoms with Gasteiger partial charge in [-0.2, -0.15) is 0 Å². The number of ether oxygens (including phenoxy) is 1. The molecule has 0 atom stereocenters. The molecule has 0 bridgehead atoms. The van der Waals surface area contributed by atoms with Crippen molar-refractivity contribution in [2.45, 2.75) is 6.61 Å². The molecule has 1 aromatic carbocycles. The van der Waals surface area contributed by atoms with E-state index in [1.807, 2.05) is 40.2 Å². The van der Waals surface area contributed by atoms with E-state index in [1.54, 1.807) is 13.2 Å². The first-order chi connectivity index (χ1) is 11.2. The maximum atomic E-state index is 12.1. The van der Waals surface area contributed by atoms with E-state index >= 15 is 0 Å². The number of thiazole rings is 1. The van der Waals surface area contributed by atoms with Gasteiger partial charge in [-0.1, -0.05) is 23.7 Å². The van der Waals surface area contributed by atoms with Gasteiger partial charge >= 0.3 is 0 Å². The molecule has 3 aromatic rings. The highest BCUT2D eigenvalue weighted by atomic mass is 35.5. The molecule has 5 nitrogen and oxygen atoms in total. The van der Waals surface area contributed by atoms with Crippen molar-refractivity contribution in [2.24, 2.45) is 0 Å². The zero-order chi connectivity index (χ0) is 16.2. The van der Waals surface area contributed by atoms with Gasteiger partial charge in [-0.25, -0.2) is 4.98 Å². The van der Waals surface area contributed by atoms with E-state index in [4.69, 9.17) is 16.3 Å². The van der Waals surface area contributed by atoms with Crippen LogP contribution in [0.5, 0.6) is 0 Å². The van der Waals surface area contributed by atoms with Crippen molar-refractivity contribution in [3.63, 3.8) is 0 Å². The fourth-order valence-electron chi connectivity index (χ4n) is 2.17. The lowest BCUT2D eigenvalue weighted by molar-refractivity contribution is -0.111. The third kappa shape index (κ3) is 3.61. The van der Waals surface area contributed by atoms with Crippen molar-refractivity contribution < 1.29 is 9.53 Å². The Hall–Kier alpha value is -2.15. The fourth-order valence-corrected chi connectivity index (χ4v) is 3.18. The standard InChI is InChI=1S/C16H14ClN3O2S/c1-22-10-11-3-2-4-12(9-11)18-14(21)6-5-13-15(17)19-16-20(13)7-8-23-16/h2-9H,10H2,1H3,(H,18,21)/b6-5+. The highest BCUT2D eigenvalue weighted by Gasteiger charge is 2.08. The Morgan fingerprint density at radius 3 is 3.22 bits per heavy atom. The first-order valence-electron chi connectivity index (χ1n) is 6.85. The SMILES string of the molecule is COCc1cccc(NC(=O)/C=C/c2c(Cl)nc3sccn23)c1. The number of nitrogens with zero attached hydrogens (tertiary/aromatic N) is 2. The van der Waals surface area contributed by atoms with Crippen LogP contribution in [-0.4, -0.2) is 22.4 Å². The Kier molecular flexibility index (Phi) is 4.76. The third-order valence-corrected chi connectivity index (χ3v) is 4.19. The van der Waals surface area contributed by atoms with Gasteiger partial charge in [0.1, 0.15) is 0 Å². The zero-order valence-corrected chi connectivity index (χ0v) is 13.9. The number of amides is 1. The minimum atomic E-state index is -0.235. The van der Waals surface area contributed by atoms with E-state index < -0.39 is 0 Å². The number of rotatable bonds is 5. The van der Waals surface area contributed by atoms with Crippen LogP contribution in [-0.2, 0) is 16.1 Å². The average Bonchev–Trinajstić information content (AvgIpc) is 3.07. The van der Waals surface area contributed by atoms with Crippen LogP contribution < -0.4 is 5.32 Å². The fraction of sp³-hybridized carbons (Fsp3) is 0.125. The highest BCUT2D eigenvalue weighted by molar-refractivity contribution is 7.15. The zero-order valence-electron chi connectivity index (χ0n) is 12.3. The molecule has 7 heteroatoms. The molecule has 3 rings (SSSR count). The number of imidazole rings is 1. The predicted molar refractivity (Wildman–Crippen MR) is 92.9 cm³/mol. The van der Waals surface area contributed by atoms with Crippen molar-refractivity contribution in [1.29, 1.82) is 0 Å². The number of carbonyl (C=O) groups is 1. The van der Waals surface area contributed by atoms with Crippen molar-refractivity contribution in [1.82, 2.24) is 9.38 Å². The van der Waals surface area contributed by atoms with Gasteiger partial charge in [0.05, 0.1) is 12.3 Å². The number of hydrogen-bond acceptors (Lipinski definition) is 4. The van der Waals surface area contributed by atoms with Crippen LogP contribution in [0.25, 0.3) is 11.0 Å². The summed E-state index contributed by atoms with van der Waals surface area (Å²) >= 11 is 7.57. The molecule has 0 aliphatic heterocycles. The number of hydrogen-bond donors (Lipinski definition) is 1. The van der Waals surface area contributed by atoms with Crippen molar-refractivity contribution >= 4 is 45.6 Å². The highest BCUT2D eigenvalue weighted by Crippen LogP contribution is 2.22. The monoisotopic (exact) mass is 347 g/mol. The molecular weight excluding hydrogens is 334 g/mol. The molecule has 2 aromatic heterocycles. The van der Waals surface area contributed by atoms with E-state index in [1.165, 1.54) is 17.4 Å². The summed E-state index contributed by atoms with van der Waals surface area (Å²) in [6, 6.07) is 7.51. The predicted octanol–water partition coefficient (Wildman–Crippen LogP) is 3.85. The molecule has 0 aliphatic rings. The number of halogens is 1. The first kappa shape index (κ1) is 15.7. The molecule has 0 aliphatic carbocycles. The molecule has 1 N–H and O–H groups in total. The summed E-state index contributed by atoms with van der Waals surface area (Å²) in [6.07, 6.45) is 4.96. The van der Waals surface area contributed by atoms with E-state index in [0.29, 0.717) is 23.1 Å². The lowest BCUT2D eigenvalue weighted by atomic mass is 10.2. The molecular formula is C16H14ClN3O2S. The molecule has 1 amide bonds. The third-order valence-electron chi connectivity index (χ3n) is 3.15. The molecule has 0 saturated carbocycles. The molecule has 23 heavy (non-hydrogen) atoms. The van der Waals surface area contributed by atoms with Crippen molar-refractivity contribution in [3.05, 3.63) is 58.3 Å². The summed E-state index contributed by atoms with van der Waals surface area (Å²) in [4.78, 5) is 17.1. The molecule has 0 spiro atoms. The number of methoxy groups -OCH3 is 1.